The van der Waals surface area contributed by atoms with Gasteiger partial charge >= 0.3 is 5.69 Å². The molecule has 0 radical (unpaired) electrons. The summed E-state index contributed by atoms with van der Waals surface area (Å²) in [6.45, 7) is 3.56. The van der Waals surface area contributed by atoms with Gasteiger partial charge in [0.25, 0.3) is 0 Å². The first-order valence-electron chi connectivity index (χ1n) is 5.71. The van der Waals surface area contributed by atoms with Gasteiger partial charge in [-0.05, 0) is 27.1 Å². The summed E-state index contributed by atoms with van der Waals surface area (Å²) in [5.74, 6) is 1.45. The second-order valence-corrected chi connectivity index (χ2v) is 5.04. The van der Waals surface area contributed by atoms with Gasteiger partial charge in [0.15, 0.2) is 5.03 Å². The molecule has 0 aliphatic carbocycles. The van der Waals surface area contributed by atoms with Gasteiger partial charge in [0.05, 0.1) is 4.92 Å². The van der Waals surface area contributed by atoms with E-state index in [1.807, 2.05) is 25.9 Å². The Morgan fingerprint density at radius 2 is 2.22 bits per heavy atom. The highest BCUT2D eigenvalue weighted by molar-refractivity contribution is 7.99. The van der Waals surface area contributed by atoms with Crippen LogP contribution in [0.4, 0.5) is 11.5 Å². The third kappa shape index (κ3) is 4.50. The van der Waals surface area contributed by atoms with Gasteiger partial charge in [0.1, 0.15) is 5.82 Å². The minimum atomic E-state index is -0.388. The molecule has 1 aromatic heterocycles. The van der Waals surface area contributed by atoms with Crippen molar-refractivity contribution in [3.05, 3.63) is 22.2 Å². The number of nitro groups is 1. The van der Waals surface area contributed by atoms with Crippen LogP contribution in [0, 0.1) is 10.1 Å². The lowest BCUT2D eigenvalue weighted by molar-refractivity contribution is -0.388. The number of pyridine rings is 1. The van der Waals surface area contributed by atoms with Crippen LogP contribution in [0.15, 0.2) is 17.2 Å². The Morgan fingerprint density at radius 3 is 2.78 bits per heavy atom. The molecule has 0 aromatic carbocycles. The van der Waals surface area contributed by atoms with Crippen molar-refractivity contribution in [2.45, 2.75) is 11.9 Å². The summed E-state index contributed by atoms with van der Waals surface area (Å²) >= 11 is 1.41. The lowest BCUT2D eigenvalue weighted by Gasteiger charge is -2.09. The summed E-state index contributed by atoms with van der Waals surface area (Å²) in [7, 11) is 3.94. The van der Waals surface area contributed by atoms with E-state index in [0.717, 1.165) is 18.8 Å². The van der Waals surface area contributed by atoms with E-state index in [-0.39, 0.29) is 10.6 Å². The van der Waals surface area contributed by atoms with E-state index >= 15 is 0 Å². The van der Waals surface area contributed by atoms with Gasteiger partial charge in [-0.25, -0.2) is 4.98 Å². The second kappa shape index (κ2) is 7.17. The topological polar surface area (TPSA) is 71.3 Å². The molecule has 0 bridgehead atoms. The molecule has 6 nitrogen and oxygen atoms in total. The van der Waals surface area contributed by atoms with Crippen molar-refractivity contribution in [1.29, 1.82) is 0 Å². The smallest absolute Gasteiger partial charge is 0.301 e. The maximum atomic E-state index is 10.9. The van der Waals surface area contributed by atoms with Crippen molar-refractivity contribution in [1.82, 2.24) is 9.88 Å². The van der Waals surface area contributed by atoms with Crippen molar-refractivity contribution in [3.8, 4) is 0 Å². The maximum absolute atomic E-state index is 10.9. The van der Waals surface area contributed by atoms with Crippen LogP contribution in [-0.2, 0) is 0 Å². The van der Waals surface area contributed by atoms with E-state index < -0.39 is 0 Å². The zero-order chi connectivity index (χ0) is 13.5. The zero-order valence-corrected chi connectivity index (χ0v) is 11.7. The lowest BCUT2D eigenvalue weighted by Crippen LogP contribution is -2.15. The fourth-order valence-corrected chi connectivity index (χ4v) is 2.39. The molecule has 0 fully saturated rings. The van der Waals surface area contributed by atoms with Gasteiger partial charge in [-0.2, -0.15) is 0 Å². The lowest BCUT2D eigenvalue weighted by atomic mass is 10.4. The fourth-order valence-electron chi connectivity index (χ4n) is 1.28. The quantitative estimate of drug-likeness (QED) is 0.464. The van der Waals surface area contributed by atoms with Crippen molar-refractivity contribution in [2.75, 3.05) is 38.3 Å². The summed E-state index contributed by atoms with van der Waals surface area (Å²) in [5.41, 5.74) is 0.0698. The van der Waals surface area contributed by atoms with Crippen LogP contribution in [0.25, 0.3) is 0 Å². The minimum absolute atomic E-state index is 0.0698. The maximum Gasteiger partial charge on any atom is 0.301 e. The van der Waals surface area contributed by atoms with Crippen molar-refractivity contribution < 1.29 is 4.92 Å². The summed E-state index contributed by atoms with van der Waals surface area (Å²) < 4.78 is 0. The number of rotatable bonds is 7. The van der Waals surface area contributed by atoms with E-state index in [1.54, 1.807) is 6.07 Å². The molecule has 0 saturated heterocycles. The minimum Gasteiger partial charge on any atom is -0.370 e. The first kappa shape index (κ1) is 14.7. The van der Waals surface area contributed by atoms with Gasteiger partial charge in [-0.15, -0.1) is 0 Å². The molecule has 0 spiro atoms. The molecule has 7 heteroatoms. The normalized spacial score (nSPS) is 10.7. The van der Waals surface area contributed by atoms with Gasteiger partial charge in [-0.1, -0.05) is 11.8 Å². The molecular formula is C11H18N4O2S. The zero-order valence-electron chi connectivity index (χ0n) is 10.8. The Balaban J connectivity index is 2.82. The summed E-state index contributed by atoms with van der Waals surface area (Å²) in [6.07, 6.45) is 0. The van der Waals surface area contributed by atoms with Gasteiger partial charge in [-0.3, -0.25) is 10.1 Å². The van der Waals surface area contributed by atoms with Crippen LogP contribution in [0.2, 0.25) is 0 Å². The Morgan fingerprint density at radius 1 is 1.50 bits per heavy atom. The molecule has 1 aromatic rings. The molecule has 1 rings (SSSR count). The Bertz CT molecular complexity index is 412. The van der Waals surface area contributed by atoms with Crippen LogP contribution in [0.1, 0.15) is 6.92 Å². The molecule has 0 aliphatic rings. The van der Waals surface area contributed by atoms with Crippen LogP contribution in [0.3, 0.4) is 0 Å². The highest BCUT2D eigenvalue weighted by Gasteiger charge is 2.16. The third-order valence-electron chi connectivity index (χ3n) is 2.17. The molecule has 0 aliphatic heterocycles. The van der Waals surface area contributed by atoms with Crippen LogP contribution in [0.5, 0.6) is 0 Å². The molecular weight excluding hydrogens is 252 g/mol. The van der Waals surface area contributed by atoms with Gasteiger partial charge < -0.3 is 10.2 Å². The van der Waals surface area contributed by atoms with E-state index in [1.165, 1.54) is 17.8 Å². The van der Waals surface area contributed by atoms with Crippen LogP contribution in [-0.4, -0.2) is 47.7 Å². The molecule has 100 valence electrons. The Labute approximate surface area is 111 Å². The number of anilines is 1. The molecule has 1 N–H and O–H groups in total. The third-order valence-corrected chi connectivity index (χ3v) is 3.13. The fraction of sp³-hybridized carbons (Fsp3) is 0.545. The average Bonchev–Trinajstić information content (AvgIpc) is 2.29. The molecule has 18 heavy (non-hydrogen) atoms. The Hall–Kier alpha value is -1.34. The monoisotopic (exact) mass is 270 g/mol. The second-order valence-electron chi connectivity index (χ2n) is 3.96. The summed E-state index contributed by atoms with van der Waals surface area (Å²) in [4.78, 5) is 16.8. The van der Waals surface area contributed by atoms with Gasteiger partial charge in [0, 0.05) is 24.9 Å². The number of hydrogen-bond donors (Lipinski definition) is 1. The van der Waals surface area contributed by atoms with E-state index in [9.17, 15) is 10.1 Å². The predicted molar refractivity (Wildman–Crippen MR) is 74.3 cm³/mol. The molecule has 1 heterocycles. The first-order chi connectivity index (χ1) is 8.54. The van der Waals surface area contributed by atoms with Gasteiger partial charge in [0.2, 0.25) is 0 Å². The predicted octanol–water partition coefficient (Wildman–Crippen LogP) is 2.08. The number of hydrogen-bond acceptors (Lipinski definition) is 6. The number of nitrogens with one attached hydrogen (secondary N) is 1. The highest BCUT2D eigenvalue weighted by atomic mass is 32.2. The molecule has 0 atom stereocenters. The number of nitrogens with zero attached hydrogens (tertiary/aromatic N) is 3. The van der Waals surface area contributed by atoms with Crippen molar-refractivity contribution in [2.24, 2.45) is 0 Å². The molecule has 0 amide bonds. The van der Waals surface area contributed by atoms with E-state index in [4.69, 9.17) is 0 Å². The first-order valence-corrected chi connectivity index (χ1v) is 6.70. The standard InChI is InChI=1S/C11H18N4O2S/c1-4-12-10-6-5-9(15(16)17)11(13-10)18-8-7-14(2)3/h5-6H,4,7-8H2,1-3H3,(H,12,13). The summed E-state index contributed by atoms with van der Waals surface area (Å²) in [5, 5.41) is 14.4. The molecule has 0 unspecified atom stereocenters. The van der Waals surface area contributed by atoms with Crippen molar-refractivity contribution in [3.63, 3.8) is 0 Å². The van der Waals surface area contributed by atoms with Crippen LogP contribution >= 0.6 is 11.8 Å². The molecule has 0 saturated carbocycles. The number of aromatic nitrogens is 1. The van der Waals surface area contributed by atoms with E-state index in [0.29, 0.717) is 10.8 Å². The largest absolute Gasteiger partial charge is 0.370 e. The SMILES string of the molecule is CCNc1ccc([N+](=O)[O-])c(SCCN(C)C)n1. The highest BCUT2D eigenvalue weighted by Crippen LogP contribution is 2.28. The van der Waals surface area contributed by atoms with E-state index in [2.05, 4.69) is 10.3 Å². The number of thioether (sulfide) groups is 1. The van der Waals surface area contributed by atoms with Crippen molar-refractivity contribution >= 4 is 23.3 Å². The Kier molecular flexibility index (Phi) is 5.87. The average molecular weight is 270 g/mol. The van der Waals surface area contributed by atoms with Crippen LogP contribution < -0.4 is 5.32 Å². The summed E-state index contributed by atoms with van der Waals surface area (Å²) in [6, 6.07) is 3.14.